The van der Waals surface area contributed by atoms with Gasteiger partial charge in [0.1, 0.15) is 16.9 Å². The first kappa shape index (κ1) is 19.2. The van der Waals surface area contributed by atoms with Crippen LogP contribution in [0, 0.1) is 0 Å². The van der Waals surface area contributed by atoms with Gasteiger partial charge < -0.3 is 11.1 Å². The lowest BCUT2D eigenvalue weighted by molar-refractivity contribution is 0.0930. The largest absolute Gasteiger partial charge is 0.383 e. The molecular formula is C24H24N6O. The first-order valence-electron chi connectivity index (χ1n) is 10.7. The van der Waals surface area contributed by atoms with Gasteiger partial charge in [0.25, 0.3) is 5.91 Å². The lowest BCUT2D eigenvalue weighted by Gasteiger charge is -2.22. The van der Waals surface area contributed by atoms with Crippen molar-refractivity contribution in [2.45, 2.75) is 38.1 Å². The summed E-state index contributed by atoms with van der Waals surface area (Å²) in [5.41, 5.74) is 10.1. The minimum atomic E-state index is -0.215. The van der Waals surface area contributed by atoms with Crippen molar-refractivity contribution in [3.63, 3.8) is 0 Å². The molecule has 7 heteroatoms. The van der Waals surface area contributed by atoms with Crippen molar-refractivity contribution in [2.75, 3.05) is 5.73 Å². The Balaban J connectivity index is 1.63. The third-order valence-electron chi connectivity index (χ3n) is 5.76. The quantitative estimate of drug-likeness (QED) is 0.493. The number of rotatable bonds is 4. The standard InChI is InChI=1S/C24H24N6O/c25-22-20(24(31)27-17-11-5-2-6-12-17)21-23(29-19-14-8-7-13-18(19)28-21)30(22)26-15-16-9-3-1-4-10-16/h1,3-4,7-10,13-15,17H,2,5-6,11-12,25H2,(H,27,31)/b26-15+. The molecule has 0 spiro atoms. The van der Waals surface area contributed by atoms with Crippen molar-refractivity contribution in [3.8, 4) is 0 Å². The SMILES string of the molecule is Nc1c(C(=O)NC2CCCCC2)c2nc3ccccc3nc2n1/N=C/c1ccccc1. The molecule has 1 fully saturated rings. The number of nitrogen functional groups attached to an aromatic ring is 1. The molecule has 31 heavy (non-hydrogen) atoms. The Kier molecular flexibility index (Phi) is 5.08. The number of carbonyl (C=O) groups is 1. The van der Waals surface area contributed by atoms with Gasteiger partial charge in [0.2, 0.25) is 0 Å². The van der Waals surface area contributed by atoms with Crippen LogP contribution in [0.1, 0.15) is 48.0 Å². The number of benzene rings is 2. The third kappa shape index (κ3) is 3.74. The van der Waals surface area contributed by atoms with Crippen molar-refractivity contribution in [1.82, 2.24) is 20.0 Å². The molecule has 156 valence electrons. The maximum atomic E-state index is 13.2. The first-order chi connectivity index (χ1) is 15.2. The molecule has 5 rings (SSSR count). The average Bonchev–Trinajstić information content (AvgIpc) is 3.07. The van der Waals surface area contributed by atoms with Gasteiger partial charge in [0.05, 0.1) is 17.2 Å². The van der Waals surface area contributed by atoms with Crippen molar-refractivity contribution in [3.05, 3.63) is 65.7 Å². The van der Waals surface area contributed by atoms with Crippen LogP contribution in [-0.2, 0) is 0 Å². The number of amides is 1. The molecule has 1 amide bonds. The molecule has 0 atom stereocenters. The van der Waals surface area contributed by atoms with E-state index in [1.807, 2.05) is 54.6 Å². The maximum Gasteiger partial charge on any atom is 0.257 e. The average molecular weight is 412 g/mol. The van der Waals surface area contributed by atoms with Crippen LogP contribution < -0.4 is 11.1 Å². The highest BCUT2D eigenvalue weighted by Gasteiger charge is 2.26. The molecule has 2 aromatic heterocycles. The third-order valence-corrected chi connectivity index (χ3v) is 5.76. The van der Waals surface area contributed by atoms with Gasteiger partial charge in [-0.2, -0.15) is 9.78 Å². The summed E-state index contributed by atoms with van der Waals surface area (Å²) >= 11 is 0. The van der Waals surface area contributed by atoms with Crippen LogP contribution in [0.2, 0.25) is 0 Å². The highest BCUT2D eigenvalue weighted by molar-refractivity contribution is 6.10. The molecule has 0 bridgehead atoms. The lowest BCUT2D eigenvalue weighted by Crippen LogP contribution is -2.36. The second kappa shape index (κ2) is 8.18. The van der Waals surface area contributed by atoms with Gasteiger partial charge in [-0.1, -0.05) is 61.7 Å². The lowest BCUT2D eigenvalue weighted by atomic mass is 9.95. The van der Waals surface area contributed by atoms with Gasteiger partial charge in [-0.3, -0.25) is 4.79 Å². The fourth-order valence-corrected chi connectivity index (χ4v) is 4.16. The first-order valence-corrected chi connectivity index (χ1v) is 10.7. The van der Waals surface area contributed by atoms with Crippen LogP contribution in [0.5, 0.6) is 0 Å². The molecule has 2 heterocycles. The fraction of sp³-hybridized carbons (Fsp3) is 0.250. The topological polar surface area (TPSA) is 98.2 Å². The molecular weight excluding hydrogens is 388 g/mol. The van der Waals surface area contributed by atoms with E-state index < -0.39 is 0 Å². The Morgan fingerprint density at radius 3 is 2.42 bits per heavy atom. The zero-order valence-corrected chi connectivity index (χ0v) is 17.2. The van der Waals surface area contributed by atoms with E-state index in [4.69, 9.17) is 15.7 Å². The molecule has 1 aliphatic rings. The van der Waals surface area contributed by atoms with Crippen molar-refractivity contribution in [1.29, 1.82) is 0 Å². The van der Waals surface area contributed by atoms with Gasteiger partial charge in [0, 0.05) is 6.04 Å². The van der Waals surface area contributed by atoms with E-state index in [-0.39, 0.29) is 17.8 Å². The zero-order valence-electron chi connectivity index (χ0n) is 17.2. The molecule has 2 aromatic carbocycles. The number of para-hydroxylation sites is 2. The summed E-state index contributed by atoms with van der Waals surface area (Å²) in [6.07, 6.45) is 7.17. The van der Waals surface area contributed by atoms with Gasteiger partial charge in [0.15, 0.2) is 5.65 Å². The molecule has 0 radical (unpaired) electrons. The summed E-state index contributed by atoms with van der Waals surface area (Å²) in [5, 5.41) is 7.70. The van der Waals surface area contributed by atoms with Gasteiger partial charge in [-0.15, -0.1) is 0 Å². The minimum Gasteiger partial charge on any atom is -0.383 e. The van der Waals surface area contributed by atoms with Crippen LogP contribution in [0.25, 0.3) is 22.2 Å². The number of hydrogen-bond donors (Lipinski definition) is 2. The Morgan fingerprint density at radius 1 is 1.00 bits per heavy atom. The van der Waals surface area contributed by atoms with Gasteiger partial charge in [-0.05, 0) is 30.5 Å². The molecule has 1 aliphatic carbocycles. The molecule has 0 saturated heterocycles. The Bertz CT molecular complexity index is 1270. The number of nitrogens with zero attached hydrogens (tertiary/aromatic N) is 4. The van der Waals surface area contributed by atoms with Crippen LogP contribution in [0.15, 0.2) is 59.7 Å². The second-order valence-electron chi connectivity index (χ2n) is 7.92. The second-order valence-corrected chi connectivity index (χ2v) is 7.92. The smallest absolute Gasteiger partial charge is 0.257 e. The summed E-state index contributed by atoms with van der Waals surface area (Å²) in [5.74, 6) is 0.0263. The Morgan fingerprint density at radius 2 is 1.68 bits per heavy atom. The number of hydrogen-bond acceptors (Lipinski definition) is 5. The Labute approximate surface area is 180 Å². The van der Waals surface area contributed by atoms with Gasteiger partial charge >= 0.3 is 0 Å². The monoisotopic (exact) mass is 412 g/mol. The van der Waals surface area contributed by atoms with Gasteiger partial charge in [-0.25, -0.2) is 9.97 Å². The molecule has 3 N–H and O–H groups in total. The van der Waals surface area contributed by atoms with E-state index in [9.17, 15) is 4.79 Å². The van der Waals surface area contributed by atoms with Crippen molar-refractivity contribution in [2.24, 2.45) is 5.10 Å². The van der Waals surface area contributed by atoms with Crippen LogP contribution in [-0.4, -0.2) is 32.8 Å². The van der Waals surface area contributed by atoms with E-state index in [1.54, 1.807) is 6.21 Å². The zero-order chi connectivity index (χ0) is 21.2. The molecule has 4 aromatic rings. The summed E-state index contributed by atoms with van der Waals surface area (Å²) in [6, 6.07) is 17.5. The van der Waals surface area contributed by atoms with E-state index >= 15 is 0 Å². The fourth-order valence-electron chi connectivity index (χ4n) is 4.16. The normalized spacial score (nSPS) is 15.1. The molecule has 0 unspecified atom stereocenters. The number of anilines is 1. The minimum absolute atomic E-state index is 0.167. The molecule has 0 aliphatic heterocycles. The maximum absolute atomic E-state index is 13.2. The number of carbonyl (C=O) groups excluding carboxylic acids is 1. The van der Waals surface area contributed by atoms with Crippen LogP contribution in [0.3, 0.4) is 0 Å². The summed E-state index contributed by atoms with van der Waals surface area (Å²) < 4.78 is 1.51. The summed E-state index contributed by atoms with van der Waals surface area (Å²) in [4.78, 5) is 22.7. The number of nitrogens with two attached hydrogens (primary N) is 1. The van der Waals surface area contributed by atoms with E-state index in [2.05, 4.69) is 10.4 Å². The highest BCUT2D eigenvalue weighted by atomic mass is 16.1. The van der Waals surface area contributed by atoms with Crippen molar-refractivity contribution < 1.29 is 4.79 Å². The Hall–Kier alpha value is -3.74. The van der Waals surface area contributed by atoms with E-state index in [1.165, 1.54) is 11.1 Å². The van der Waals surface area contributed by atoms with Crippen LogP contribution in [0.4, 0.5) is 5.82 Å². The predicted octanol–water partition coefficient (Wildman–Crippen LogP) is 4.11. The number of nitrogens with one attached hydrogen (secondary N) is 1. The number of aromatic nitrogens is 3. The molecule has 1 saturated carbocycles. The number of fused-ring (bicyclic) bond motifs is 2. The van der Waals surface area contributed by atoms with Crippen molar-refractivity contribution >= 4 is 40.1 Å². The van der Waals surface area contributed by atoms with Crippen LogP contribution >= 0.6 is 0 Å². The van der Waals surface area contributed by atoms with E-state index in [0.717, 1.165) is 36.8 Å². The summed E-state index contributed by atoms with van der Waals surface area (Å²) in [7, 11) is 0. The molecule has 7 nitrogen and oxygen atoms in total. The van der Waals surface area contributed by atoms with E-state index in [0.29, 0.717) is 22.2 Å². The summed E-state index contributed by atoms with van der Waals surface area (Å²) in [6.45, 7) is 0. The highest BCUT2D eigenvalue weighted by Crippen LogP contribution is 2.28. The predicted molar refractivity (Wildman–Crippen MR) is 123 cm³/mol.